The van der Waals surface area contributed by atoms with Gasteiger partial charge in [-0.15, -0.1) is 0 Å². The third kappa shape index (κ3) is 2.08. The molecule has 0 atom stereocenters. The van der Waals surface area contributed by atoms with Gasteiger partial charge in [0.1, 0.15) is 6.37 Å². The Morgan fingerprint density at radius 3 is 2.56 bits per heavy atom. The molecule has 0 unspecified atom stereocenters. The van der Waals surface area contributed by atoms with Crippen LogP contribution < -0.4 is 0 Å². The lowest BCUT2D eigenvalue weighted by Gasteiger charge is -2.09. The summed E-state index contributed by atoms with van der Waals surface area (Å²) in [4.78, 5) is 9.45. The molecule has 0 bridgehead atoms. The minimum absolute atomic E-state index is 0.795. The second-order valence-electron chi connectivity index (χ2n) is 2.05. The minimum Gasteiger partial charge on any atom is -0.264 e. The number of rotatable bonds is 2. The molecular formula is C5H8N2O2. The Balaban J connectivity index is 4.86. The Labute approximate surface area is 56.1 Å². The number of hydrogen-bond acceptors (Lipinski definition) is 3. The third-order valence-electron chi connectivity index (χ3n) is 0.818. The average molecular weight is 130 g/mol. The van der Waals surface area contributed by atoms with Gasteiger partial charge in [-0.25, -0.2) is 0 Å². The predicted octanol–water partition coefficient (Wildman–Crippen LogP) is 0.955. The van der Waals surface area contributed by atoms with Crippen LogP contribution in [0.5, 0.6) is 0 Å². The summed E-state index contributed by atoms with van der Waals surface area (Å²) < 4.78 is 13.9. The van der Waals surface area contributed by atoms with Crippen molar-refractivity contribution >= 4 is 0 Å². The van der Waals surface area contributed by atoms with E-state index in [1.807, 2.05) is 0 Å². The van der Waals surface area contributed by atoms with Crippen molar-refractivity contribution in [2.45, 2.75) is 25.8 Å². The highest BCUT2D eigenvalue weighted by atomic mass is 16.6. The van der Waals surface area contributed by atoms with Crippen LogP contribution in [0.25, 0.3) is 0 Å². The first kappa shape index (κ1) is 4.74. The van der Waals surface area contributed by atoms with Gasteiger partial charge in [0.05, 0.1) is 6.07 Å². The topological polar surface area (TPSA) is 66.9 Å². The molecule has 4 nitrogen and oxygen atoms in total. The molecule has 0 aliphatic carbocycles. The Bertz CT molecular complexity index is 219. The van der Waals surface area contributed by atoms with Gasteiger partial charge in [-0.05, 0) is 0 Å². The Morgan fingerprint density at radius 2 is 2.44 bits per heavy atom. The molecule has 50 valence electrons. The van der Waals surface area contributed by atoms with E-state index in [0.29, 0.717) is 0 Å². The molecule has 0 fully saturated rings. The lowest BCUT2D eigenvalue weighted by molar-refractivity contribution is -0.559. The zero-order chi connectivity index (χ0) is 9.28. The standard InChI is InChI=1S/C5H8N2O2/c1-5(2,3-4-6)7(8)9/h3H2,1-2H3/i3D2. The van der Waals surface area contributed by atoms with Crippen molar-refractivity contribution in [2.75, 3.05) is 0 Å². The Hall–Kier alpha value is -1.11. The van der Waals surface area contributed by atoms with E-state index in [4.69, 9.17) is 8.00 Å². The highest BCUT2D eigenvalue weighted by Crippen LogP contribution is 2.10. The van der Waals surface area contributed by atoms with Crippen molar-refractivity contribution in [3.8, 4) is 6.07 Å². The second-order valence-corrected chi connectivity index (χ2v) is 2.05. The van der Waals surface area contributed by atoms with Gasteiger partial charge in [0.25, 0.3) is 0 Å². The molecule has 0 N–H and O–H groups in total. The van der Waals surface area contributed by atoms with Crippen molar-refractivity contribution in [3.05, 3.63) is 10.1 Å². The van der Waals surface area contributed by atoms with Gasteiger partial charge in [0.2, 0.25) is 5.54 Å². The van der Waals surface area contributed by atoms with Crippen LogP contribution in [0.4, 0.5) is 0 Å². The lowest BCUT2D eigenvalue weighted by atomic mass is 10.0. The largest absolute Gasteiger partial charge is 0.264 e. The van der Waals surface area contributed by atoms with E-state index in [0.717, 1.165) is 13.8 Å². The van der Waals surface area contributed by atoms with Crippen LogP contribution in [0.15, 0.2) is 0 Å². The maximum atomic E-state index is 10.2. The summed E-state index contributed by atoms with van der Waals surface area (Å²) in [5.74, 6) is 0. The molecule has 0 heterocycles. The van der Waals surface area contributed by atoms with Crippen LogP contribution in [0.1, 0.15) is 23.0 Å². The van der Waals surface area contributed by atoms with E-state index >= 15 is 0 Å². The van der Waals surface area contributed by atoms with Crippen LogP contribution in [0.2, 0.25) is 0 Å². The minimum atomic E-state index is -2.43. The van der Waals surface area contributed by atoms with E-state index in [-0.39, 0.29) is 0 Å². The maximum Gasteiger partial charge on any atom is 0.229 e. The molecule has 0 aliphatic heterocycles. The molecule has 9 heavy (non-hydrogen) atoms. The van der Waals surface area contributed by atoms with Crippen LogP contribution in [0, 0.1) is 21.4 Å². The second kappa shape index (κ2) is 2.44. The molecule has 0 saturated carbocycles. The van der Waals surface area contributed by atoms with E-state index in [2.05, 4.69) is 0 Å². The Morgan fingerprint density at radius 1 is 2.00 bits per heavy atom. The SMILES string of the molecule is [2H]C([2H])(C#N)C(C)(C)[N+](=O)[O-]. The highest BCUT2D eigenvalue weighted by molar-refractivity contribution is 4.81. The van der Waals surface area contributed by atoms with Crippen molar-refractivity contribution in [1.29, 1.82) is 5.26 Å². The molecule has 0 aromatic heterocycles. The quantitative estimate of drug-likeness (QED) is 0.413. The summed E-state index contributed by atoms with van der Waals surface area (Å²) in [6, 6.07) is 1.25. The first-order chi connectivity index (χ1) is 4.75. The van der Waals surface area contributed by atoms with Gasteiger partial charge in [-0.1, -0.05) is 0 Å². The molecule has 0 aliphatic rings. The molecule has 0 rings (SSSR count). The van der Waals surface area contributed by atoms with Gasteiger partial charge in [0.15, 0.2) is 0 Å². The molecular weight excluding hydrogens is 120 g/mol. The number of nitriles is 1. The van der Waals surface area contributed by atoms with E-state index in [9.17, 15) is 10.1 Å². The lowest BCUT2D eigenvalue weighted by Crippen LogP contribution is -2.29. The molecule has 4 heteroatoms. The van der Waals surface area contributed by atoms with Gasteiger partial charge >= 0.3 is 0 Å². The maximum absolute atomic E-state index is 10.2. The number of hydrogen-bond donors (Lipinski definition) is 0. The van der Waals surface area contributed by atoms with E-state index in [1.165, 1.54) is 6.07 Å². The van der Waals surface area contributed by atoms with Crippen LogP contribution >= 0.6 is 0 Å². The number of nitrogens with zero attached hydrogens (tertiary/aromatic N) is 2. The molecule has 0 spiro atoms. The molecule has 0 saturated heterocycles. The fourth-order valence-corrected chi connectivity index (χ4v) is 0.182. The van der Waals surface area contributed by atoms with Crippen molar-refractivity contribution < 1.29 is 7.66 Å². The van der Waals surface area contributed by atoms with Gasteiger partial charge < -0.3 is 0 Å². The highest BCUT2D eigenvalue weighted by Gasteiger charge is 2.29. The van der Waals surface area contributed by atoms with Crippen molar-refractivity contribution in [3.63, 3.8) is 0 Å². The first-order valence-corrected chi connectivity index (χ1v) is 2.31. The summed E-state index contributed by atoms with van der Waals surface area (Å²) in [7, 11) is 0. The van der Waals surface area contributed by atoms with Crippen LogP contribution in [0.3, 0.4) is 0 Å². The molecule has 0 amide bonds. The smallest absolute Gasteiger partial charge is 0.229 e. The fourth-order valence-electron chi connectivity index (χ4n) is 0.182. The van der Waals surface area contributed by atoms with Crippen LogP contribution in [-0.2, 0) is 0 Å². The summed E-state index contributed by atoms with van der Waals surface area (Å²) in [5.41, 5.74) is -1.86. The molecule has 0 aromatic rings. The summed E-state index contributed by atoms with van der Waals surface area (Å²) >= 11 is 0. The number of nitro groups is 1. The van der Waals surface area contributed by atoms with Crippen LogP contribution in [-0.4, -0.2) is 10.5 Å². The van der Waals surface area contributed by atoms with E-state index < -0.39 is 16.8 Å². The normalized spacial score (nSPS) is 15.2. The predicted molar refractivity (Wildman–Crippen MR) is 31.3 cm³/mol. The van der Waals surface area contributed by atoms with Crippen molar-refractivity contribution in [1.82, 2.24) is 0 Å². The summed E-state index contributed by atoms with van der Waals surface area (Å²) in [5, 5.41) is 18.5. The summed E-state index contributed by atoms with van der Waals surface area (Å²) in [6.07, 6.45) is -2.43. The average Bonchev–Trinajstić information content (AvgIpc) is 1.87. The van der Waals surface area contributed by atoms with E-state index in [1.54, 1.807) is 0 Å². The van der Waals surface area contributed by atoms with Gasteiger partial charge in [-0.2, -0.15) is 5.26 Å². The Kier molecular flexibility index (Phi) is 1.29. The van der Waals surface area contributed by atoms with Gasteiger partial charge in [-0.3, -0.25) is 10.1 Å². The third-order valence-corrected chi connectivity index (χ3v) is 0.818. The molecule has 0 aromatic carbocycles. The van der Waals surface area contributed by atoms with Crippen molar-refractivity contribution in [2.24, 2.45) is 0 Å². The summed E-state index contributed by atoms with van der Waals surface area (Å²) in [6.45, 7) is 2.16. The van der Waals surface area contributed by atoms with Gasteiger partial charge in [0, 0.05) is 21.5 Å². The zero-order valence-electron chi connectivity index (χ0n) is 7.21. The first-order valence-electron chi connectivity index (χ1n) is 3.31. The zero-order valence-corrected chi connectivity index (χ0v) is 5.21. The fraction of sp³-hybridized carbons (Fsp3) is 0.800. The molecule has 0 radical (unpaired) electrons. The monoisotopic (exact) mass is 130 g/mol.